The second-order valence-electron chi connectivity index (χ2n) is 4.59. The highest BCUT2D eigenvalue weighted by Crippen LogP contribution is 2.20. The zero-order valence-electron chi connectivity index (χ0n) is 10.9. The lowest BCUT2D eigenvalue weighted by Gasteiger charge is -2.22. The summed E-state index contributed by atoms with van der Waals surface area (Å²) in [5.41, 5.74) is 1.05. The molecule has 0 unspecified atom stereocenters. The predicted octanol–water partition coefficient (Wildman–Crippen LogP) is 3.52. The first-order chi connectivity index (χ1) is 8.43. The molecule has 0 bridgehead atoms. The van der Waals surface area contributed by atoms with Crippen LogP contribution in [0, 0.1) is 0 Å². The minimum atomic E-state index is -2.77. The van der Waals surface area contributed by atoms with Gasteiger partial charge in [-0.05, 0) is 37.8 Å². The quantitative estimate of drug-likeness (QED) is 0.822. The number of alkyl halides is 2. The summed E-state index contributed by atoms with van der Waals surface area (Å²) >= 11 is 1.81. The molecule has 0 amide bonds. The highest BCUT2D eigenvalue weighted by molar-refractivity contribution is 7.99. The number of rotatable bonds is 7. The maximum atomic E-state index is 12.0. The van der Waals surface area contributed by atoms with Crippen LogP contribution in [0.3, 0.4) is 0 Å². The Hall–Kier alpha value is -0.810. The lowest BCUT2D eigenvalue weighted by molar-refractivity contribution is -0.0498. The van der Waals surface area contributed by atoms with Gasteiger partial charge in [0.2, 0.25) is 0 Å². The average molecular weight is 275 g/mol. The lowest BCUT2D eigenvalue weighted by Crippen LogP contribution is -2.31. The van der Waals surface area contributed by atoms with Crippen molar-refractivity contribution in [1.82, 2.24) is 5.32 Å². The molecular weight excluding hydrogens is 256 g/mol. The standard InChI is InChI=1S/C13H19F2NOS/c1-13(2,18-3)9-16-8-10-4-6-11(7-5-10)17-12(14)15/h4-7,12,16H,8-9H2,1-3H3. The lowest BCUT2D eigenvalue weighted by atomic mass is 10.2. The number of halogens is 2. The molecule has 0 aliphatic carbocycles. The van der Waals surface area contributed by atoms with E-state index in [1.807, 2.05) is 0 Å². The molecule has 5 heteroatoms. The number of ether oxygens (including phenoxy) is 1. The third-order valence-electron chi connectivity index (χ3n) is 2.58. The zero-order valence-corrected chi connectivity index (χ0v) is 11.7. The molecule has 0 fully saturated rings. The first-order valence-electron chi connectivity index (χ1n) is 5.72. The van der Waals surface area contributed by atoms with E-state index in [1.54, 1.807) is 36.0 Å². The number of hydrogen-bond acceptors (Lipinski definition) is 3. The molecule has 0 atom stereocenters. The van der Waals surface area contributed by atoms with Gasteiger partial charge in [-0.1, -0.05) is 12.1 Å². The van der Waals surface area contributed by atoms with Crippen molar-refractivity contribution in [2.45, 2.75) is 31.8 Å². The molecule has 2 nitrogen and oxygen atoms in total. The van der Waals surface area contributed by atoms with Gasteiger partial charge < -0.3 is 10.1 Å². The Balaban J connectivity index is 2.40. The summed E-state index contributed by atoms with van der Waals surface area (Å²) in [5.74, 6) is 0.193. The maximum absolute atomic E-state index is 12.0. The van der Waals surface area contributed by atoms with E-state index in [-0.39, 0.29) is 10.5 Å². The fraction of sp³-hybridized carbons (Fsp3) is 0.538. The molecule has 0 aliphatic heterocycles. The Morgan fingerprint density at radius 3 is 2.39 bits per heavy atom. The molecule has 0 heterocycles. The van der Waals surface area contributed by atoms with Gasteiger partial charge in [-0.15, -0.1) is 0 Å². The molecule has 1 aromatic carbocycles. The Morgan fingerprint density at radius 2 is 1.89 bits per heavy atom. The number of hydrogen-bond donors (Lipinski definition) is 1. The van der Waals surface area contributed by atoms with Gasteiger partial charge in [-0.3, -0.25) is 0 Å². The molecule has 0 aliphatic rings. The Labute approximate surface area is 111 Å². The average Bonchev–Trinajstić information content (AvgIpc) is 2.30. The van der Waals surface area contributed by atoms with Gasteiger partial charge in [0.05, 0.1) is 0 Å². The van der Waals surface area contributed by atoms with Gasteiger partial charge in [0.25, 0.3) is 0 Å². The molecule has 0 saturated heterocycles. The third kappa shape index (κ3) is 5.69. The highest BCUT2D eigenvalue weighted by atomic mass is 32.2. The van der Waals surface area contributed by atoms with Crippen LogP contribution in [0.15, 0.2) is 24.3 Å². The first kappa shape index (κ1) is 15.2. The van der Waals surface area contributed by atoms with Gasteiger partial charge in [0.1, 0.15) is 5.75 Å². The van der Waals surface area contributed by atoms with Gasteiger partial charge >= 0.3 is 6.61 Å². The predicted molar refractivity (Wildman–Crippen MR) is 72.4 cm³/mol. The van der Waals surface area contributed by atoms with E-state index in [4.69, 9.17) is 0 Å². The van der Waals surface area contributed by atoms with Gasteiger partial charge in [-0.25, -0.2) is 0 Å². The van der Waals surface area contributed by atoms with Crippen molar-refractivity contribution in [2.24, 2.45) is 0 Å². The van der Waals surface area contributed by atoms with Crippen molar-refractivity contribution in [3.63, 3.8) is 0 Å². The second kappa shape index (κ2) is 6.95. The molecule has 1 rings (SSSR count). The Kier molecular flexibility index (Phi) is 5.88. The summed E-state index contributed by atoms with van der Waals surface area (Å²) in [4.78, 5) is 0. The maximum Gasteiger partial charge on any atom is 0.387 e. The molecule has 1 N–H and O–H groups in total. The summed E-state index contributed by atoms with van der Waals surface area (Å²) in [6.07, 6.45) is 2.08. The summed E-state index contributed by atoms with van der Waals surface area (Å²) in [6, 6.07) is 6.69. The van der Waals surface area contributed by atoms with Crippen LogP contribution in [0.4, 0.5) is 8.78 Å². The van der Waals surface area contributed by atoms with Gasteiger partial charge in [0.15, 0.2) is 0 Å². The van der Waals surface area contributed by atoms with Gasteiger partial charge in [-0.2, -0.15) is 20.5 Å². The number of thioether (sulfide) groups is 1. The van der Waals surface area contributed by atoms with Crippen molar-refractivity contribution in [1.29, 1.82) is 0 Å². The van der Waals surface area contributed by atoms with Crippen LogP contribution in [0.1, 0.15) is 19.4 Å². The molecule has 102 valence electrons. The largest absolute Gasteiger partial charge is 0.435 e. The van der Waals surface area contributed by atoms with Crippen molar-refractivity contribution in [2.75, 3.05) is 12.8 Å². The monoisotopic (exact) mass is 275 g/mol. The molecule has 1 aromatic rings. The summed E-state index contributed by atoms with van der Waals surface area (Å²) in [7, 11) is 0. The van der Waals surface area contributed by atoms with Crippen LogP contribution in [0.2, 0.25) is 0 Å². The van der Waals surface area contributed by atoms with E-state index in [2.05, 4.69) is 30.2 Å². The second-order valence-corrected chi connectivity index (χ2v) is 6.10. The van der Waals surface area contributed by atoms with Crippen LogP contribution in [0.5, 0.6) is 5.75 Å². The number of nitrogens with one attached hydrogen (secondary N) is 1. The van der Waals surface area contributed by atoms with E-state index >= 15 is 0 Å². The Bertz CT molecular complexity index is 355. The fourth-order valence-corrected chi connectivity index (χ4v) is 1.62. The molecule has 0 radical (unpaired) electrons. The normalized spacial score (nSPS) is 11.9. The number of benzene rings is 1. The summed E-state index contributed by atoms with van der Waals surface area (Å²) in [5, 5.41) is 3.34. The molecule has 0 aromatic heterocycles. The van der Waals surface area contributed by atoms with E-state index in [1.165, 1.54) is 0 Å². The highest BCUT2D eigenvalue weighted by Gasteiger charge is 2.14. The van der Waals surface area contributed by atoms with Crippen LogP contribution in [-0.4, -0.2) is 24.2 Å². The van der Waals surface area contributed by atoms with E-state index in [0.29, 0.717) is 0 Å². The van der Waals surface area contributed by atoms with Crippen LogP contribution >= 0.6 is 11.8 Å². The zero-order chi connectivity index (χ0) is 13.6. The van der Waals surface area contributed by atoms with Crippen molar-refractivity contribution in [3.05, 3.63) is 29.8 Å². The molecule has 18 heavy (non-hydrogen) atoms. The fourth-order valence-electron chi connectivity index (χ4n) is 1.37. The van der Waals surface area contributed by atoms with Crippen molar-refractivity contribution >= 4 is 11.8 Å². The minimum Gasteiger partial charge on any atom is -0.435 e. The van der Waals surface area contributed by atoms with Gasteiger partial charge in [0, 0.05) is 17.8 Å². The summed E-state index contributed by atoms with van der Waals surface area (Å²) < 4.78 is 28.4. The van der Waals surface area contributed by atoms with Crippen LogP contribution < -0.4 is 10.1 Å². The van der Waals surface area contributed by atoms with Crippen LogP contribution in [0.25, 0.3) is 0 Å². The molecule has 0 saturated carbocycles. The van der Waals surface area contributed by atoms with E-state index < -0.39 is 6.61 Å². The van der Waals surface area contributed by atoms with Crippen molar-refractivity contribution < 1.29 is 13.5 Å². The topological polar surface area (TPSA) is 21.3 Å². The van der Waals surface area contributed by atoms with Crippen molar-refractivity contribution in [3.8, 4) is 5.75 Å². The smallest absolute Gasteiger partial charge is 0.387 e. The molecular formula is C13H19F2NOS. The SMILES string of the molecule is CSC(C)(C)CNCc1ccc(OC(F)F)cc1. The first-order valence-corrected chi connectivity index (χ1v) is 6.95. The van der Waals surface area contributed by atoms with Crippen LogP contribution in [-0.2, 0) is 6.54 Å². The minimum absolute atomic E-state index is 0.193. The van der Waals surface area contributed by atoms with E-state index in [9.17, 15) is 8.78 Å². The third-order valence-corrected chi connectivity index (χ3v) is 3.83. The Morgan fingerprint density at radius 1 is 1.28 bits per heavy atom. The molecule has 0 spiro atoms. The van der Waals surface area contributed by atoms with E-state index in [0.717, 1.165) is 18.7 Å². The summed E-state index contributed by atoms with van der Waals surface area (Å²) in [6.45, 7) is 3.19.